The molecule has 0 amide bonds. The molecule has 2 heterocycles. The van der Waals surface area contributed by atoms with Gasteiger partial charge in [0.15, 0.2) is 22.9 Å². The van der Waals surface area contributed by atoms with Crippen LogP contribution in [0.1, 0.15) is 39.6 Å². The Morgan fingerprint density at radius 1 is 1.03 bits per heavy atom. The van der Waals surface area contributed by atoms with Gasteiger partial charge >= 0.3 is 0 Å². The monoisotopic (exact) mass is 507 g/mol. The lowest BCUT2D eigenvalue weighted by Gasteiger charge is -2.24. The lowest BCUT2D eigenvalue weighted by Crippen LogP contribution is -2.21. The summed E-state index contributed by atoms with van der Waals surface area (Å²) in [5.41, 5.74) is 5.34. The molecule has 1 aliphatic carbocycles. The minimum atomic E-state index is -0.0929. The van der Waals surface area contributed by atoms with Gasteiger partial charge in [-0.2, -0.15) is 5.10 Å². The van der Waals surface area contributed by atoms with Crippen LogP contribution >= 0.6 is 11.6 Å². The molecule has 2 aromatic carbocycles. The Hall–Kier alpha value is -3.62. The van der Waals surface area contributed by atoms with E-state index in [1.807, 2.05) is 36.4 Å². The highest BCUT2D eigenvalue weighted by molar-refractivity contribution is 6.30. The number of ether oxygens (including phenoxy) is 4. The lowest BCUT2D eigenvalue weighted by molar-refractivity contribution is 0.0962. The fourth-order valence-electron chi connectivity index (χ4n) is 4.83. The number of nitrogens with zero attached hydrogens (tertiary/aromatic N) is 3. The fourth-order valence-corrected chi connectivity index (χ4v) is 5.02. The summed E-state index contributed by atoms with van der Waals surface area (Å²) in [6, 6.07) is 11.4. The maximum absolute atomic E-state index is 13.3. The largest absolute Gasteiger partial charge is 0.493 e. The maximum atomic E-state index is 13.3. The Balaban J connectivity index is 1.62. The molecule has 0 saturated heterocycles. The molecule has 0 spiro atoms. The van der Waals surface area contributed by atoms with Gasteiger partial charge in [-0.05, 0) is 47.7 Å². The zero-order valence-electron chi connectivity index (χ0n) is 20.5. The number of carbonyl (C=O) groups excluding carboxylic acids is 1. The number of fused-ring (bicyclic) bond motifs is 2. The van der Waals surface area contributed by atoms with Gasteiger partial charge in [-0.25, -0.2) is 9.50 Å². The standard InChI is InChI=1S/C27H26ClN3O5/c1-33-14-21-25(15-6-5-7-18(28)8-15)27-29-20-9-16(10-22(32)19(20)13-31(27)30-21)17-11-23(34-2)26(36-4)24(12-17)35-3/h5-8,11-13,16H,9-10,14H2,1-4H3. The molecule has 1 atom stereocenters. The van der Waals surface area contributed by atoms with Gasteiger partial charge < -0.3 is 18.9 Å². The van der Waals surface area contributed by atoms with E-state index in [2.05, 4.69) is 5.10 Å². The van der Waals surface area contributed by atoms with Crippen LogP contribution in [-0.4, -0.2) is 48.8 Å². The molecule has 8 nitrogen and oxygen atoms in total. The van der Waals surface area contributed by atoms with E-state index in [9.17, 15) is 4.79 Å². The van der Waals surface area contributed by atoms with Gasteiger partial charge in [-0.15, -0.1) is 0 Å². The second-order valence-electron chi connectivity index (χ2n) is 8.62. The minimum absolute atomic E-state index is 0.0116. The molecule has 1 unspecified atom stereocenters. The van der Waals surface area contributed by atoms with Crippen molar-refractivity contribution in [2.75, 3.05) is 28.4 Å². The van der Waals surface area contributed by atoms with Crippen molar-refractivity contribution in [1.29, 1.82) is 0 Å². The Morgan fingerprint density at radius 3 is 2.42 bits per heavy atom. The van der Waals surface area contributed by atoms with E-state index >= 15 is 0 Å². The third-order valence-electron chi connectivity index (χ3n) is 6.49. The van der Waals surface area contributed by atoms with E-state index in [-0.39, 0.29) is 11.7 Å². The number of ketones is 1. The molecule has 186 valence electrons. The van der Waals surface area contributed by atoms with E-state index < -0.39 is 0 Å². The van der Waals surface area contributed by atoms with Crippen molar-refractivity contribution in [1.82, 2.24) is 14.6 Å². The van der Waals surface area contributed by atoms with Crippen LogP contribution in [0, 0.1) is 0 Å². The fraction of sp³-hybridized carbons (Fsp3) is 0.296. The summed E-state index contributed by atoms with van der Waals surface area (Å²) < 4.78 is 23.6. The Bertz CT molecular complexity index is 1440. The number of Topliss-reactive ketones (excluding diaryl/α,β-unsaturated/α-hetero) is 1. The van der Waals surface area contributed by atoms with E-state index in [1.165, 1.54) is 0 Å². The number of methoxy groups -OCH3 is 4. The highest BCUT2D eigenvalue weighted by Crippen LogP contribution is 2.43. The summed E-state index contributed by atoms with van der Waals surface area (Å²) in [6.07, 6.45) is 2.70. The van der Waals surface area contributed by atoms with E-state index in [0.717, 1.165) is 28.1 Å². The third-order valence-corrected chi connectivity index (χ3v) is 6.72. The van der Waals surface area contributed by atoms with E-state index in [4.69, 9.17) is 35.5 Å². The quantitative estimate of drug-likeness (QED) is 0.342. The van der Waals surface area contributed by atoms with Crippen LogP contribution in [-0.2, 0) is 17.8 Å². The number of carbonyl (C=O) groups is 1. The van der Waals surface area contributed by atoms with Crippen LogP contribution in [0.3, 0.4) is 0 Å². The molecule has 0 bridgehead atoms. The molecule has 4 aromatic rings. The number of rotatable bonds is 7. The van der Waals surface area contributed by atoms with Gasteiger partial charge in [-0.3, -0.25) is 4.79 Å². The number of hydrogen-bond donors (Lipinski definition) is 0. The highest BCUT2D eigenvalue weighted by Gasteiger charge is 2.31. The smallest absolute Gasteiger partial charge is 0.203 e. The van der Waals surface area contributed by atoms with E-state index in [0.29, 0.717) is 52.9 Å². The van der Waals surface area contributed by atoms with Crippen molar-refractivity contribution < 1.29 is 23.7 Å². The molecular weight excluding hydrogens is 482 g/mol. The topological polar surface area (TPSA) is 84.2 Å². The van der Waals surface area contributed by atoms with Gasteiger partial charge in [0.2, 0.25) is 5.75 Å². The summed E-state index contributed by atoms with van der Waals surface area (Å²) in [5, 5.41) is 5.30. The Labute approximate surface area is 213 Å². The van der Waals surface area contributed by atoms with Crippen LogP contribution in [0.25, 0.3) is 16.8 Å². The van der Waals surface area contributed by atoms with Crippen molar-refractivity contribution in [3.05, 3.63) is 70.1 Å². The SMILES string of the molecule is COCc1nn2cc3c(nc2c1-c1cccc(Cl)c1)CC(c1cc(OC)c(OC)c(OC)c1)CC3=O. The number of hydrogen-bond acceptors (Lipinski definition) is 7. The first-order chi connectivity index (χ1) is 17.5. The van der Waals surface area contributed by atoms with E-state index in [1.54, 1.807) is 39.2 Å². The third kappa shape index (κ3) is 4.16. The lowest BCUT2D eigenvalue weighted by atomic mass is 9.82. The molecule has 2 aromatic heterocycles. The van der Waals surface area contributed by atoms with Gasteiger partial charge in [0.05, 0.1) is 50.5 Å². The molecule has 9 heteroatoms. The molecular formula is C27H26ClN3O5. The summed E-state index contributed by atoms with van der Waals surface area (Å²) in [6.45, 7) is 0.303. The predicted octanol–water partition coefficient (Wildman–Crippen LogP) is 5.13. The summed E-state index contributed by atoms with van der Waals surface area (Å²) in [5.74, 6) is 1.54. The summed E-state index contributed by atoms with van der Waals surface area (Å²) >= 11 is 6.28. The normalized spacial score (nSPS) is 15.1. The first kappa shape index (κ1) is 24.1. The number of aromatic nitrogens is 3. The summed E-state index contributed by atoms with van der Waals surface area (Å²) in [4.78, 5) is 18.2. The first-order valence-electron chi connectivity index (χ1n) is 11.5. The molecule has 5 rings (SSSR count). The van der Waals surface area contributed by atoms with Crippen LogP contribution in [0.4, 0.5) is 0 Å². The van der Waals surface area contributed by atoms with Gasteiger partial charge in [-0.1, -0.05) is 23.7 Å². The van der Waals surface area contributed by atoms with Crippen molar-refractivity contribution >= 4 is 23.0 Å². The number of benzene rings is 2. The molecule has 0 radical (unpaired) electrons. The molecule has 0 aliphatic heterocycles. The average Bonchev–Trinajstić information content (AvgIpc) is 3.23. The van der Waals surface area contributed by atoms with Crippen LogP contribution in [0.15, 0.2) is 42.6 Å². The zero-order valence-corrected chi connectivity index (χ0v) is 21.3. The van der Waals surface area contributed by atoms with Crippen molar-refractivity contribution in [2.45, 2.75) is 25.4 Å². The predicted molar refractivity (Wildman–Crippen MR) is 136 cm³/mol. The minimum Gasteiger partial charge on any atom is -0.493 e. The highest BCUT2D eigenvalue weighted by atomic mass is 35.5. The Kier molecular flexibility index (Phi) is 6.55. The van der Waals surface area contributed by atoms with Crippen LogP contribution in [0.2, 0.25) is 5.02 Å². The number of halogens is 1. The maximum Gasteiger partial charge on any atom is 0.203 e. The Morgan fingerprint density at radius 2 is 1.78 bits per heavy atom. The van der Waals surface area contributed by atoms with Crippen LogP contribution < -0.4 is 14.2 Å². The van der Waals surface area contributed by atoms with Gasteiger partial charge in [0.25, 0.3) is 0 Å². The van der Waals surface area contributed by atoms with Crippen molar-refractivity contribution in [3.63, 3.8) is 0 Å². The molecule has 0 N–H and O–H groups in total. The average molecular weight is 508 g/mol. The van der Waals surface area contributed by atoms with Gasteiger partial charge in [0.1, 0.15) is 0 Å². The molecule has 0 fully saturated rings. The molecule has 1 aliphatic rings. The van der Waals surface area contributed by atoms with Crippen molar-refractivity contribution in [2.24, 2.45) is 0 Å². The summed E-state index contributed by atoms with van der Waals surface area (Å²) in [7, 11) is 6.34. The van der Waals surface area contributed by atoms with Crippen molar-refractivity contribution in [3.8, 4) is 28.4 Å². The van der Waals surface area contributed by atoms with Gasteiger partial charge in [0, 0.05) is 24.8 Å². The van der Waals surface area contributed by atoms with Crippen LogP contribution in [0.5, 0.6) is 17.2 Å². The molecule has 0 saturated carbocycles. The second kappa shape index (κ2) is 9.79. The zero-order chi connectivity index (χ0) is 25.4. The second-order valence-corrected chi connectivity index (χ2v) is 9.06. The molecule has 36 heavy (non-hydrogen) atoms. The first-order valence-corrected chi connectivity index (χ1v) is 11.8.